The molecule has 1 heterocycles. The maximum atomic E-state index is 5.51. The largest absolute Gasteiger partial charge is 0.495 e. The average Bonchev–Trinajstić information content (AvgIpc) is 2.43. The lowest BCUT2D eigenvalue weighted by atomic mass is 9.96. The Kier molecular flexibility index (Phi) is 4.87. The second kappa shape index (κ2) is 6.25. The van der Waals surface area contributed by atoms with Crippen LogP contribution in [-0.4, -0.2) is 38.2 Å². The molecule has 0 aromatic heterocycles. The summed E-state index contributed by atoms with van der Waals surface area (Å²) in [5.41, 5.74) is 5.34. The van der Waals surface area contributed by atoms with Crippen LogP contribution in [0.2, 0.25) is 0 Å². The first kappa shape index (κ1) is 14.8. The molecule has 0 radical (unpaired) electrons. The molecule has 1 aromatic carbocycles. The van der Waals surface area contributed by atoms with E-state index in [9.17, 15) is 0 Å². The van der Waals surface area contributed by atoms with Crippen LogP contribution in [0.4, 0.5) is 0 Å². The molecule has 1 aromatic rings. The smallest absolute Gasteiger partial charge is 0.136 e. The Morgan fingerprint density at radius 2 is 1.74 bits per heavy atom. The monoisotopic (exact) mass is 326 g/mol. The summed E-state index contributed by atoms with van der Waals surface area (Å²) < 4.78 is 6.61. The van der Waals surface area contributed by atoms with Gasteiger partial charge in [0, 0.05) is 32.7 Å². The SMILES string of the molecule is COc1c(C)c(C)c(CN2CCNCC2)c(C)c1Br. The highest BCUT2D eigenvalue weighted by atomic mass is 79.9. The zero-order valence-electron chi connectivity index (χ0n) is 12.3. The number of hydrogen-bond acceptors (Lipinski definition) is 3. The number of rotatable bonds is 3. The Labute approximate surface area is 124 Å². The number of nitrogens with one attached hydrogen (secondary N) is 1. The molecule has 0 bridgehead atoms. The zero-order chi connectivity index (χ0) is 14.0. The molecule has 2 rings (SSSR count). The Hall–Kier alpha value is -0.580. The van der Waals surface area contributed by atoms with Crippen molar-refractivity contribution in [1.82, 2.24) is 10.2 Å². The van der Waals surface area contributed by atoms with Gasteiger partial charge in [-0.15, -0.1) is 0 Å². The third-order valence-electron chi connectivity index (χ3n) is 4.13. The van der Waals surface area contributed by atoms with Gasteiger partial charge in [0.15, 0.2) is 0 Å². The van der Waals surface area contributed by atoms with Gasteiger partial charge in [-0.2, -0.15) is 0 Å². The van der Waals surface area contributed by atoms with Crippen molar-refractivity contribution in [2.45, 2.75) is 27.3 Å². The van der Waals surface area contributed by atoms with Crippen molar-refractivity contribution < 1.29 is 4.74 Å². The Morgan fingerprint density at radius 1 is 1.11 bits per heavy atom. The summed E-state index contributed by atoms with van der Waals surface area (Å²) in [6, 6.07) is 0. The van der Waals surface area contributed by atoms with Gasteiger partial charge in [-0.05, 0) is 59.0 Å². The molecule has 1 N–H and O–H groups in total. The van der Waals surface area contributed by atoms with Crippen molar-refractivity contribution in [2.75, 3.05) is 33.3 Å². The van der Waals surface area contributed by atoms with Crippen LogP contribution in [0.5, 0.6) is 5.75 Å². The second-order valence-electron chi connectivity index (χ2n) is 5.23. The zero-order valence-corrected chi connectivity index (χ0v) is 13.9. The minimum atomic E-state index is 0.971. The number of benzene rings is 1. The van der Waals surface area contributed by atoms with Crippen LogP contribution in [0.1, 0.15) is 22.3 Å². The summed E-state index contributed by atoms with van der Waals surface area (Å²) in [5.74, 6) is 0.971. The molecule has 1 aliphatic rings. The first-order valence-corrected chi connectivity index (χ1v) is 7.60. The van der Waals surface area contributed by atoms with Crippen LogP contribution in [0.3, 0.4) is 0 Å². The molecule has 0 saturated carbocycles. The van der Waals surface area contributed by atoms with Gasteiger partial charge < -0.3 is 10.1 Å². The van der Waals surface area contributed by atoms with E-state index in [-0.39, 0.29) is 0 Å². The molecule has 0 amide bonds. The van der Waals surface area contributed by atoms with Crippen molar-refractivity contribution in [3.05, 3.63) is 26.7 Å². The maximum Gasteiger partial charge on any atom is 0.136 e. The second-order valence-corrected chi connectivity index (χ2v) is 6.02. The summed E-state index contributed by atoms with van der Waals surface area (Å²) in [4.78, 5) is 2.52. The van der Waals surface area contributed by atoms with E-state index in [1.54, 1.807) is 7.11 Å². The van der Waals surface area contributed by atoms with Crippen LogP contribution in [0, 0.1) is 20.8 Å². The van der Waals surface area contributed by atoms with Gasteiger partial charge in [0.2, 0.25) is 0 Å². The fourth-order valence-electron chi connectivity index (χ4n) is 2.72. The van der Waals surface area contributed by atoms with Crippen molar-refractivity contribution in [1.29, 1.82) is 0 Å². The summed E-state index contributed by atoms with van der Waals surface area (Å²) in [5, 5.41) is 3.40. The summed E-state index contributed by atoms with van der Waals surface area (Å²) in [6.07, 6.45) is 0. The Bertz CT molecular complexity index is 439. The van der Waals surface area contributed by atoms with Gasteiger partial charge in [0.05, 0.1) is 11.6 Å². The van der Waals surface area contributed by atoms with Gasteiger partial charge in [-0.25, -0.2) is 0 Å². The third-order valence-corrected chi connectivity index (χ3v) is 5.09. The van der Waals surface area contributed by atoms with Crippen molar-refractivity contribution in [2.24, 2.45) is 0 Å². The van der Waals surface area contributed by atoms with E-state index < -0.39 is 0 Å². The molecule has 4 heteroatoms. The lowest BCUT2D eigenvalue weighted by molar-refractivity contribution is 0.232. The van der Waals surface area contributed by atoms with E-state index in [2.05, 4.69) is 46.9 Å². The molecule has 19 heavy (non-hydrogen) atoms. The van der Waals surface area contributed by atoms with Crippen molar-refractivity contribution in [3.63, 3.8) is 0 Å². The fourth-order valence-corrected chi connectivity index (χ4v) is 3.42. The molecule has 0 aliphatic carbocycles. The van der Waals surface area contributed by atoms with Gasteiger partial charge in [0.25, 0.3) is 0 Å². The van der Waals surface area contributed by atoms with Crippen LogP contribution >= 0.6 is 15.9 Å². The number of piperazine rings is 1. The van der Waals surface area contributed by atoms with E-state index in [1.165, 1.54) is 22.3 Å². The minimum Gasteiger partial charge on any atom is -0.495 e. The predicted octanol–water partition coefficient (Wildman–Crippen LogP) is 2.79. The molecule has 1 aliphatic heterocycles. The van der Waals surface area contributed by atoms with Gasteiger partial charge in [-0.3, -0.25) is 4.90 Å². The van der Waals surface area contributed by atoms with Crippen LogP contribution in [-0.2, 0) is 6.54 Å². The normalized spacial score (nSPS) is 16.7. The van der Waals surface area contributed by atoms with E-state index in [0.717, 1.165) is 42.9 Å². The summed E-state index contributed by atoms with van der Waals surface area (Å²) in [7, 11) is 1.74. The lowest BCUT2D eigenvalue weighted by Gasteiger charge is -2.29. The average molecular weight is 327 g/mol. The quantitative estimate of drug-likeness (QED) is 0.924. The molecule has 0 unspecified atom stereocenters. The first-order chi connectivity index (χ1) is 9.06. The van der Waals surface area contributed by atoms with E-state index in [0.29, 0.717) is 0 Å². The van der Waals surface area contributed by atoms with E-state index in [1.807, 2.05) is 0 Å². The highest BCUT2D eigenvalue weighted by molar-refractivity contribution is 9.10. The first-order valence-electron chi connectivity index (χ1n) is 6.81. The van der Waals surface area contributed by atoms with Crippen LogP contribution in [0.25, 0.3) is 0 Å². The number of methoxy groups -OCH3 is 1. The molecule has 106 valence electrons. The van der Waals surface area contributed by atoms with Crippen LogP contribution < -0.4 is 10.1 Å². The van der Waals surface area contributed by atoms with E-state index >= 15 is 0 Å². The van der Waals surface area contributed by atoms with E-state index in [4.69, 9.17) is 4.74 Å². The van der Waals surface area contributed by atoms with Gasteiger partial charge in [0.1, 0.15) is 5.75 Å². The van der Waals surface area contributed by atoms with Crippen LogP contribution in [0.15, 0.2) is 4.47 Å². The molecular formula is C15H23BrN2O. The number of nitrogens with zero attached hydrogens (tertiary/aromatic N) is 1. The summed E-state index contributed by atoms with van der Waals surface area (Å²) >= 11 is 3.69. The molecule has 3 nitrogen and oxygen atoms in total. The topological polar surface area (TPSA) is 24.5 Å². The van der Waals surface area contributed by atoms with Gasteiger partial charge in [-0.1, -0.05) is 0 Å². The molecule has 0 atom stereocenters. The van der Waals surface area contributed by atoms with Gasteiger partial charge >= 0.3 is 0 Å². The maximum absolute atomic E-state index is 5.51. The predicted molar refractivity (Wildman–Crippen MR) is 83.1 cm³/mol. The number of hydrogen-bond donors (Lipinski definition) is 1. The Morgan fingerprint density at radius 3 is 2.32 bits per heavy atom. The Balaban J connectivity index is 2.34. The fraction of sp³-hybridized carbons (Fsp3) is 0.600. The van der Waals surface area contributed by atoms with Crippen molar-refractivity contribution in [3.8, 4) is 5.75 Å². The molecule has 1 saturated heterocycles. The molecular weight excluding hydrogens is 304 g/mol. The highest BCUT2D eigenvalue weighted by Gasteiger charge is 2.19. The molecule has 1 fully saturated rings. The van der Waals surface area contributed by atoms with Crippen molar-refractivity contribution >= 4 is 15.9 Å². The third kappa shape index (κ3) is 2.96. The standard InChI is InChI=1S/C15H23BrN2O/c1-10-11(2)15(19-4)14(16)12(3)13(10)9-18-7-5-17-6-8-18/h17H,5-9H2,1-4H3. The number of ether oxygens (including phenoxy) is 1. The molecule has 0 spiro atoms. The minimum absolute atomic E-state index is 0.971. The highest BCUT2D eigenvalue weighted by Crippen LogP contribution is 2.37. The lowest BCUT2D eigenvalue weighted by Crippen LogP contribution is -2.43. The summed E-state index contributed by atoms with van der Waals surface area (Å²) in [6.45, 7) is 12.0. The number of halogens is 1.